The molecule has 0 bridgehead atoms. The van der Waals surface area contributed by atoms with Crippen LogP contribution in [0.2, 0.25) is 0 Å². The number of amides is 1. The van der Waals surface area contributed by atoms with E-state index in [9.17, 15) is 26.4 Å². The van der Waals surface area contributed by atoms with Gasteiger partial charge < -0.3 is 4.90 Å². The van der Waals surface area contributed by atoms with Crippen LogP contribution in [0.1, 0.15) is 32.1 Å². The van der Waals surface area contributed by atoms with E-state index in [1.165, 1.54) is 0 Å². The molecule has 1 atom stereocenters. The van der Waals surface area contributed by atoms with Gasteiger partial charge in [0, 0.05) is 6.04 Å². The second-order valence-corrected chi connectivity index (χ2v) is 7.85. The van der Waals surface area contributed by atoms with Crippen molar-refractivity contribution >= 4 is 15.7 Å². The third-order valence-corrected chi connectivity index (χ3v) is 5.75. The van der Waals surface area contributed by atoms with Gasteiger partial charge in [-0.15, -0.1) is 0 Å². The minimum atomic E-state index is -4.45. The van der Waals surface area contributed by atoms with Crippen molar-refractivity contribution in [1.29, 1.82) is 0 Å². The summed E-state index contributed by atoms with van der Waals surface area (Å²) in [5, 5.41) is 0. The number of nitrogens with zero attached hydrogens (tertiary/aromatic N) is 1. The number of halogens is 3. The van der Waals surface area contributed by atoms with Gasteiger partial charge in [0.2, 0.25) is 5.91 Å². The SMILES string of the molecule is O=C([C@@H]1CCS(=O)(=O)C1)N(CC(F)(F)F)C1CCCC1. The van der Waals surface area contributed by atoms with Gasteiger partial charge in [0.1, 0.15) is 6.54 Å². The lowest BCUT2D eigenvalue weighted by atomic mass is 10.1. The van der Waals surface area contributed by atoms with Crippen LogP contribution in [-0.4, -0.2) is 49.5 Å². The predicted octanol–water partition coefficient (Wildman–Crippen LogP) is 1.75. The first kappa shape index (κ1) is 15.6. The molecule has 0 aromatic carbocycles. The molecule has 0 aromatic rings. The Morgan fingerprint density at radius 1 is 1.15 bits per heavy atom. The first-order valence-corrected chi connectivity index (χ1v) is 8.58. The van der Waals surface area contributed by atoms with Crippen molar-refractivity contribution in [3.8, 4) is 0 Å². The van der Waals surface area contributed by atoms with Crippen LogP contribution in [-0.2, 0) is 14.6 Å². The summed E-state index contributed by atoms with van der Waals surface area (Å²) in [7, 11) is -3.27. The van der Waals surface area contributed by atoms with E-state index < -0.39 is 40.4 Å². The molecule has 8 heteroatoms. The smallest absolute Gasteiger partial charge is 0.330 e. The lowest BCUT2D eigenvalue weighted by molar-refractivity contribution is -0.167. The van der Waals surface area contributed by atoms with Gasteiger partial charge in [0.05, 0.1) is 17.4 Å². The molecular formula is C12H18F3NO3S. The number of rotatable bonds is 3. The molecule has 0 radical (unpaired) electrons. The van der Waals surface area contributed by atoms with Crippen molar-refractivity contribution in [3.63, 3.8) is 0 Å². The molecule has 1 aliphatic heterocycles. The Morgan fingerprint density at radius 3 is 2.20 bits per heavy atom. The molecule has 1 amide bonds. The van der Waals surface area contributed by atoms with Gasteiger partial charge in [-0.3, -0.25) is 4.79 Å². The second-order valence-electron chi connectivity index (χ2n) is 5.62. The molecule has 20 heavy (non-hydrogen) atoms. The van der Waals surface area contributed by atoms with E-state index in [4.69, 9.17) is 0 Å². The largest absolute Gasteiger partial charge is 0.406 e. The topological polar surface area (TPSA) is 54.5 Å². The average Bonchev–Trinajstić information content (AvgIpc) is 2.93. The predicted molar refractivity (Wildman–Crippen MR) is 66.8 cm³/mol. The van der Waals surface area contributed by atoms with Crippen LogP contribution >= 0.6 is 0 Å². The first-order valence-electron chi connectivity index (χ1n) is 6.76. The molecule has 2 fully saturated rings. The van der Waals surface area contributed by atoms with Gasteiger partial charge in [0.15, 0.2) is 9.84 Å². The molecule has 2 aliphatic rings. The zero-order valence-corrected chi connectivity index (χ0v) is 11.8. The minimum Gasteiger partial charge on any atom is -0.330 e. The lowest BCUT2D eigenvalue weighted by Gasteiger charge is -2.31. The zero-order chi connectivity index (χ0) is 15.0. The minimum absolute atomic E-state index is 0.103. The molecule has 0 spiro atoms. The Hall–Kier alpha value is -0.790. The number of carbonyl (C=O) groups excluding carboxylic acids is 1. The van der Waals surface area contributed by atoms with E-state index in [0.29, 0.717) is 12.8 Å². The molecule has 4 nitrogen and oxygen atoms in total. The summed E-state index contributed by atoms with van der Waals surface area (Å²) in [6.07, 6.45) is -1.54. The molecule has 2 rings (SSSR count). The number of carbonyl (C=O) groups is 1. The van der Waals surface area contributed by atoms with Crippen LogP contribution in [0.15, 0.2) is 0 Å². The fourth-order valence-corrected chi connectivity index (χ4v) is 4.75. The summed E-state index contributed by atoms with van der Waals surface area (Å²) in [6.45, 7) is -1.27. The Labute approximate surface area is 116 Å². The summed E-state index contributed by atoms with van der Waals surface area (Å²) >= 11 is 0. The van der Waals surface area contributed by atoms with Crippen molar-refractivity contribution < 1.29 is 26.4 Å². The van der Waals surface area contributed by atoms with Crippen molar-refractivity contribution in [2.75, 3.05) is 18.1 Å². The van der Waals surface area contributed by atoms with Gasteiger partial charge in [-0.25, -0.2) is 8.42 Å². The normalized spacial score (nSPS) is 26.9. The van der Waals surface area contributed by atoms with Crippen molar-refractivity contribution in [2.45, 2.75) is 44.3 Å². The average molecular weight is 313 g/mol. The highest BCUT2D eigenvalue weighted by Gasteiger charge is 2.42. The van der Waals surface area contributed by atoms with Crippen molar-refractivity contribution in [2.24, 2.45) is 5.92 Å². The summed E-state index contributed by atoms with van der Waals surface area (Å²) in [4.78, 5) is 13.1. The molecule has 0 N–H and O–H groups in total. The van der Waals surface area contributed by atoms with E-state index in [1.54, 1.807) is 0 Å². The molecule has 1 heterocycles. The molecule has 0 aromatic heterocycles. The fourth-order valence-electron chi connectivity index (χ4n) is 3.02. The van der Waals surface area contributed by atoms with Gasteiger partial charge >= 0.3 is 6.18 Å². The number of alkyl halides is 3. The molecule has 1 saturated carbocycles. The maximum atomic E-state index is 12.6. The van der Waals surface area contributed by atoms with Crippen LogP contribution in [0.3, 0.4) is 0 Å². The van der Waals surface area contributed by atoms with Crippen LogP contribution in [0, 0.1) is 5.92 Å². The van der Waals surface area contributed by atoms with E-state index in [0.717, 1.165) is 17.7 Å². The Balaban J connectivity index is 2.11. The lowest BCUT2D eigenvalue weighted by Crippen LogP contribution is -2.47. The quantitative estimate of drug-likeness (QED) is 0.798. The van der Waals surface area contributed by atoms with Crippen LogP contribution < -0.4 is 0 Å². The summed E-state index contributed by atoms with van der Waals surface area (Å²) in [5.74, 6) is -1.86. The van der Waals surface area contributed by atoms with Gasteiger partial charge in [-0.1, -0.05) is 12.8 Å². The Bertz CT molecular complexity index is 469. The van der Waals surface area contributed by atoms with Gasteiger partial charge in [-0.2, -0.15) is 13.2 Å². The number of sulfone groups is 1. The second kappa shape index (κ2) is 5.54. The summed E-state index contributed by atoms with van der Waals surface area (Å²) in [5.41, 5.74) is 0. The Morgan fingerprint density at radius 2 is 1.75 bits per heavy atom. The first-order chi connectivity index (χ1) is 9.18. The van der Waals surface area contributed by atoms with Crippen molar-refractivity contribution in [1.82, 2.24) is 4.90 Å². The van der Waals surface area contributed by atoms with E-state index in [2.05, 4.69) is 0 Å². The fraction of sp³-hybridized carbons (Fsp3) is 0.917. The molecule has 0 unspecified atom stereocenters. The standard InChI is InChI=1S/C12H18F3NO3S/c13-12(14,15)8-16(10-3-1-2-4-10)11(17)9-5-6-20(18,19)7-9/h9-10H,1-8H2/t9-/m1/s1. The third-order valence-electron chi connectivity index (χ3n) is 3.98. The van der Waals surface area contributed by atoms with Crippen LogP contribution in [0.5, 0.6) is 0 Å². The monoisotopic (exact) mass is 313 g/mol. The van der Waals surface area contributed by atoms with Crippen LogP contribution in [0.4, 0.5) is 13.2 Å². The highest BCUT2D eigenvalue weighted by molar-refractivity contribution is 7.91. The molecular weight excluding hydrogens is 295 g/mol. The molecule has 1 aliphatic carbocycles. The zero-order valence-electron chi connectivity index (χ0n) is 11.0. The maximum Gasteiger partial charge on any atom is 0.406 e. The summed E-state index contributed by atoms with van der Waals surface area (Å²) in [6, 6.07) is -0.396. The van der Waals surface area contributed by atoms with E-state index in [1.807, 2.05) is 0 Å². The Kier molecular flexibility index (Phi) is 4.32. The van der Waals surface area contributed by atoms with Gasteiger partial charge in [0.25, 0.3) is 0 Å². The maximum absolute atomic E-state index is 12.6. The van der Waals surface area contributed by atoms with Crippen LogP contribution in [0.25, 0.3) is 0 Å². The molecule has 1 saturated heterocycles. The molecule has 116 valence electrons. The van der Waals surface area contributed by atoms with E-state index in [-0.39, 0.29) is 17.9 Å². The number of hydrogen-bond acceptors (Lipinski definition) is 3. The third kappa shape index (κ3) is 3.86. The highest BCUT2D eigenvalue weighted by atomic mass is 32.2. The summed E-state index contributed by atoms with van der Waals surface area (Å²) < 4.78 is 60.7. The van der Waals surface area contributed by atoms with Crippen molar-refractivity contribution in [3.05, 3.63) is 0 Å². The van der Waals surface area contributed by atoms with E-state index >= 15 is 0 Å². The number of hydrogen-bond donors (Lipinski definition) is 0. The highest BCUT2D eigenvalue weighted by Crippen LogP contribution is 2.30. The van der Waals surface area contributed by atoms with Gasteiger partial charge in [-0.05, 0) is 19.3 Å².